The summed E-state index contributed by atoms with van der Waals surface area (Å²) in [7, 11) is 0.311. The van der Waals surface area contributed by atoms with Crippen molar-refractivity contribution in [3.63, 3.8) is 0 Å². The lowest BCUT2D eigenvalue weighted by Gasteiger charge is -2.25. The molecule has 0 saturated carbocycles. The molecule has 13 heavy (non-hydrogen) atoms. The summed E-state index contributed by atoms with van der Waals surface area (Å²) >= 11 is 0. The molecule has 0 heterocycles. The van der Waals surface area contributed by atoms with E-state index in [0.29, 0.717) is 6.10 Å². The highest BCUT2D eigenvalue weighted by molar-refractivity contribution is 6.69. The van der Waals surface area contributed by atoms with Crippen LogP contribution in [0.2, 0.25) is 19.6 Å². The van der Waals surface area contributed by atoms with Crippen molar-refractivity contribution in [2.24, 2.45) is 0 Å². The molecule has 3 heteroatoms. The van der Waals surface area contributed by atoms with Crippen LogP contribution in [0.25, 0.3) is 0 Å². The molecule has 0 aromatic heterocycles. The van der Waals surface area contributed by atoms with Gasteiger partial charge in [0.2, 0.25) is 0 Å². The third-order valence-electron chi connectivity index (χ3n) is 1.59. The van der Waals surface area contributed by atoms with Crippen LogP contribution in [-0.4, -0.2) is 28.1 Å². The summed E-state index contributed by atoms with van der Waals surface area (Å²) in [6.45, 7) is 11.1. The second-order valence-electron chi connectivity index (χ2n) is 4.16. The summed E-state index contributed by atoms with van der Waals surface area (Å²) < 4.78 is 11.0. The van der Waals surface area contributed by atoms with Gasteiger partial charge in [0.1, 0.15) is 0 Å². The Hall–Kier alpha value is -0.123. The summed E-state index contributed by atoms with van der Waals surface area (Å²) in [4.78, 5) is 0. The zero-order valence-corrected chi connectivity index (χ0v) is 10.3. The maximum atomic E-state index is 5.97. The van der Waals surface area contributed by atoms with E-state index in [1.807, 2.05) is 6.08 Å². The van der Waals surface area contributed by atoms with Crippen molar-refractivity contribution >= 4 is 8.32 Å². The number of hydrogen-bond acceptors (Lipinski definition) is 2. The lowest BCUT2D eigenvalue weighted by atomic mass is 10.2. The van der Waals surface area contributed by atoms with Gasteiger partial charge in [-0.15, -0.1) is 6.58 Å². The molecule has 0 saturated heterocycles. The van der Waals surface area contributed by atoms with E-state index in [-0.39, 0.29) is 0 Å². The molecule has 0 bridgehead atoms. The van der Waals surface area contributed by atoms with Gasteiger partial charge in [-0.25, -0.2) is 0 Å². The lowest BCUT2D eigenvalue weighted by molar-refractivity contribution is 0.123. The van der Waals surface area contributed by atoms with Gasteiger partial charge in [-0.2, -0.15) is 0 Å². The van der Waals surface area contributed by atoms with E-state index in [0.717, 1.165) is 19.4 Å². The monoisotopic (exact) mass is 202 g/mol. The molecule has 0 amide bonds. The first-order valence-corrected chi connectivity index (χ1v) is 8.18. The van der Waals surface area contributed by atoms with E-state index in [9.17, 15) is 0 Å². The van der Waals surface area contributed by atoms with Crippen LogP contribution < -0.4 is 0 Å². The van der Waals surface area contributed by atoms with Gasteiger partial charge >= 0.3 is 0 Å². The molecule has 0 aliphatic carbocycles. The van der Waals surface area contributed by atoms with E-state index >= 15 is 0 Å². The zero-order chi connectivity index (χ0) is 10.3. The number of hydrogen-bond donors (Lipinski definition) is 0. The fraction of sp³-hybridized carbons (Fsp3) is 0.800. The van der Waals surface area contributed by atoms with E-state index in [2.05, 4.69) is 26.2 Å². The summed E-state index contributed by atoms with van der Waals surface area (Å²) in [5.41, 5.74) is 0. The molecular formula is C10H22O2Si. The Morgan fingerprint density at radius 1 is 1.38 bits per heavy atom. The summed E-state index contributed by atoms with van der Waals surface area (Å²) in [6, 6.07) is 0. The molecule has 0 N–H and O–H groups in total. The lowest BCUT2D eigenvalue weighted by Crippen LogP contribution is -2.32. The third-order valence-corrected chi connectivity index (χ3v) is 2.63. The van der Waals surface area contributed by atoms with Gasteiger partial charge in [-0.1, -0.05) is 6.08 Å². The summed E-state index contributed by atoms with van der Waals surface area (Å²) in [5.74, 6) is 0. The van der Waals surface area contributed by atoms with Crippen molar-refractivity contribution in [1.29, 1.82) is 0 Å². The minimum atomic E-state index is -1.41. The molecular weight excluding hydrogens is 180 g/mol. The van der Waals surface area contributed by atoms with Crippen molar-refractivity contribution in [3.8, 4) is 0 Å². The molecule has 0 aromatic rings. The Kier molecular flexibility index (Phi) is 6.29. The van der Waals surface area contributed by atoms with Crippen LogP contribution in [0, 0.1) is 0 Å². The molecule has 78 valence electrons. The van der Waals surface area contributed by atoms with E-state index in [1.54, 1.807) is 7.11 Å². The molecule has 0 fully saturated rings. The maximum absolute atomic E-state index is 5.97. The van der Waals surface area contributed by atoms with Crippen molar-refractivity contribution in [2.75, 3.05) is 13.7 Å². The van der Waals surface area contributed by atoms with Gasteiger partial charge < -0.3 is 9.16 Å². The van der Waals surface area contributed by atoms with Crippen molar-refractivity contribution in [2.45, 2.75) is 38.6 Å². The first kappa shape index (κ1) is 12.9. The average molecular weight is 202 g/mol. The molecule has 0 aliphatic heterocycles. The van der Waals surface area contributed by atoms with Crippen molar-refractivity contribution in [1.82, 2.24) is 0 Å². The highest BCUT2D eigenvalue weighted by Crippen LogP contribution is 2.13. The largest absolute Gasteiger partial charge is 0.414 e. The molecule has 0 radical (unpaired) electrons. The molecule has 2 nitrogen and oxygen atoms in total. The van der Waals surface area contributed by atoms with Gasteiger partial charge in [0.25, 0.3) is 0 Å². The Bertz CT molecular complexity index is 140. The van der Waals surface area contributed by atoms with Crippen molar-refractivity contribution in [3.05, 3.63) is 12.7 Å². The van der Waals surface area contributed by atoms with Crippen LogP contribution in [0.3, 0.4) is 0 Å². The molecule has 1 atom stereocenters. The predicted molar refractivity (Wildman–Crippen MR) is 59.5 cm³/mol. The molecule has 0 aliphatic rings. The van der Waals surface area contributed by atoms with Crippen molar-refractivity contribution < 1.29 is 9.16 Å². The first-order chi connectivity index (χ1) is 5.99. The van der Waals surface area contributed by atoms with Crippen LogP contribution in [-0.2, 0) is 9.16 Å². The first-order valence-electron chi connectivity index (χ1n) is 4.77. The quantitative estimate of drug-likeness (QED) is 0.467. The molecule has 0 rings (SSSR count). The maximum Gasteiger partial charge on any atom is 0.184 e. The highest BCUT2D eigenvalue weighted by atomic mass is 28.4. The Labute approximate surface area is 83.1 Å². The van der Waals surface area contributed by atoms with Crippen LogP contribution in [0.1, 0.15) is 12.8 Å². The van der Waals surface area contributed by atoms with Crippen LogP contribution in [0.15, 0.2) is 12.7 Å². The molecule has 0 aromatic carbocycles. The van der Waals surface area contributed by atoms with E-state index in [1.165, 1.54) is 0 Å². The third kappa shape index (κ3) is 8.21. The zero-order valence-electron chi connectivity index (χ0n) is 9.30. The van der Waals surface area contributed by atoms with Crippen LogP contribution >= 0.6 is 0 Å². The van der Waals surface area contributed by atoms with Gasteiger partial charge in [-0.3, -0.25) is 0 Å². The van der Waals surface area contributed by atoms with Gasteiger partial charge in [-0.05, 0) is 32.5 Å². The Morgan fingerprint density at radius 3 is 2.38 bits per heavy atom. The van der Waals surface area contributed by atoms with E-state index in [4.69, 9.17) is 9.16 Å². The second-order valence-corrected chi connectivity index (χ2v) is 8.62. The van der Waals surface area contributed by atoms with Crippen LogP contribution in [0.4, 0.5) is 0 Å². The average Bonchev–Trinajstić information content (AvgIpc) is 1.98. The summed E-state index contributed by atoms with van der Waals surface area (Å²) in [5, 5.41) is 0. The number of rotatable bonds is 7. The number of ether oxygens (including phenoxy) is 1. The molecule has 0 spiro atoms. The minimum absolute atomic E-state index is 0.295. The Morgan fingerprint density at radius 2 is 2.00 bits per heavy atom. The van der Waals surface area contributed by atoms with Gasteiger partial charge in [0.05, 0.1) is 6.10 Å². The summed E-state index contributed by atoms with van der Waals surface area (Å²) in [6.07, 6.45) is 4.10. The van der Waals surface area contributed by atoms with Crippen LogP contribution in [0.5, 0.6) is 0 Å². The standard InChI is InChI=1S/C10H22O2Si/c1-6-7-10(8-9-11-2)12-13(3,4)5/h6,10H,1,7-9H2,2-5H3. The number of methoxy groups -OCH3 is 1. The normalized spacial score (nSPS) is 14.2. The fourth-order valence-electron chi connectivity index (χ4n) is 1.16. The highest BCUT2D eigenvalue weighted by Gasteiger charge is 2.19. The predicted octanol–water partition coefficient (Wildman–Crippen LogP) is 2.82. The van der Waals surface area contributed by atoms with Gasteiger partial charge in [0.15, 0.2) is 8.32 Å². The SMILES string of the molecule is C=CCC(CCOC)O[Si](C)(C)C. The topological polar surface area (TPSA) is 18.5 Å². The second kappa shape index (κ2) is 6.35. The van der Waals surface area contributed by atoms with Gasteiger partial charge in [0, 0.05) is 13.7 Å². The Balaban J connectivity index is 3.86. The fourth-order valence-corrected chi connectivity index (χ4v) is 2.37. The van der Waals surface area contributed by atoms with E-state index < -0.39 is 8.32 Å². The minimum Gasteiger partial charge on any atom is -0.414 e. The molecule has 1 unspecified atom stereocenters. The smallest absolute Gasteiger partial charge is 0.184 e.